The van der Waals surface area contributed by atoms with Crippen LogP contribution in [0.2, 0.25) is 0 Å². The Morgan fingerprint density at radius 2 is 1.64 bits per heavy atom. The van der Waals surface area contributed by atoms with Gasteiger partial charge in [0.05, 0.1) is 37.3 Å². The number of halogens is 3. The Bertz CT molecular complexity index is 1950. The second-order valence-corrected chi connectivity index (χ2v) is 17.6. The van der Waals surface area contributed by atoms with Crippen molar-refractivity contribution < 1.29 is 47.2 Å². The molecule has 1 aromatic heterocycles. The zero-order valence-corrected chi connectivity index (χ0v) is 32.0. The SMILES string of the molecule is CC12CCC(O)CC13C=CC1(C(C(=O)c4ccco4)=C3)C2CCC2(C)C1CCC2(O)CN(Cc1ccc(OC(F)(F)F)cc1)CC(O)COCc1ccccc1. The minimum absolute atomic E-state index is 0.0513. The number of ketones is 1. The molecule has 6 aliphatic rings. The molecule has 3 fully saturated rings. The fraction of sp³-hybridized carbons (Fsp3) is 0.533. The highest BCUT2D eigenvalue weighted by molar-refractivity contribution is 6.08. The van der Waals surface area contributed by atoms with Crippen LogP contribution in [0.5, 0.6) is 5.75 Å². The average molecular weight is 776 g/mol. The molecule has 0 radical (unpaired) electrons. The lowest BCUT2D eigenvalue weighted by Crippen LogP contribution is -2.67. The number of aliphatic hydroxyl groups is 3. The van der Waals surface area contributed by atoms with Crippen LogP contribution < -0.4 is 4.74 Å². The van der Waals surface area contributed by atoms with Gasteiger partial charge in [-0.2, -0.15) is 0 Å². The van der Waals surface area contributed by atoms with E-state index in [0.29, 0.717) is 43.4 Å². The summed E-state index contributed by atoms with van der Waals surface area (Å²) in [5.74, 6) is -0.176. The van der Waals surface area contributed by atoms with Gasteiger partial charge in [0.2, 0.25) is 5.78 Å². The van der Waals surface area contributed by atoms with E-state index in [0.717, 1.165) is 24.8 Å². The van der Waals surface area contributed by atoms with Crippen LogP contribution >= 0.6 is 0 Å². The van der Waals surface area contributed by atoms with Gasteiger partial charge in [0.1, 0.15) is 5.75 Å². The number of carbonyl (C=O) groups excluding carboxylic acids is 1. The summed E-state index contributed by atoms with van der Waals surface area (Å²) in [5.41, 5.74) is -0.815. The van der Waals surface area contributed by atoms with Gasteiger partial charge in [-0.15, -0.1) is 13.2 Å². The molecule has 0 saturated heterocycles. The number of nitrogens with zero attached hydrogens (tertiary/aromatic N) is 1. The van der Waals surface area contributed by atoms with E-state index in [-0.39, 0.29) is 60.8 Å². The van der Waals surface area contributed by atoms with Crippen molar-refractivity contribution in [2.45, 2.75) is 96.1 Å². The Kier molecular flexibility index (Phi) is 9.96. The van der Waals surface area contributed by atoms with E-state index in [9.17, 15) is 33.3 Å². The number of alkyl halides is 3. The summed E-state index contributed by atoms with van der Waals surface area (Å²) in [7, 11) is 0. The maximum atomic E-state index is 14.6. The third-order valence-electron chi connectivity index (χ3n) is 14.6. The normalized spacial score (nSPS) is 35.1. The summed E-state index contributed by atoms with van der Waals surface area (Å²) >= 11 is 0. The molecule has 6 aliphatic carbocycles. The zero-order valence-electron chi connectivity index (χ0n) is 32.0. The number of ether oxygens (including phenoxy) is 2. The van der Waals surface area contributed by atoms with Crippen molar-refractivity contribution in [2.75, 3.05) is 19.7 Å². The van der Waals surface area contributed by atoms with Gasteiger partial charge in [-0.3, -0.25) is 9.69 Å². The molecule has 2 aromatic carbocycles. The number of benzene rings is 2. The van der Waals surface area contributed by atoms with Gasteiger partial charge in [0.25, 0.3) is 0 Å². The lowest BCUT2D eigenvalue weighted by Gasteiger charge is -2.71. The van der Waals surface area contributed by atoms with Crippen molar-refractivity contribution in [3.05, 3.63) is 114 Å². The Hall–Kier alpha value is -3.74. The minimum Gasteiger partial charge on any atom is -0.461 e. The largest absolute Gasteiger partial charge is 0.573 e. The number of hydrogen-bond donors (Lipinski definition) is 3. The van der Waals surface area contributed by atoms with Crippen molar-refractivity contribution in [1.29, 1.82) is 0 Å². The molecule has 11 heteroatoms. The topological polar surface area (TPSA) is 113 Å². The predicted molar refractivity (Wildman–Crippen MR) is 202 cm³/mol. The van der Waals surface area contributed by atoms with Crippen molar-refractivity contribution >= 4 is 5.78 Å². The third-order valence-corrected chi connectivity index (χ3v) is 14.6. The van der Waals surface area contributed by atoms with E-state index < -0.39 is 40.4 Å². The maximum absolute atomic E-state index is 14.6. The summed E-state index contributed by atoms with van der Waals surface area (Å²) in [6, 6.07) is 18.8. The van der Waals surface area contributed by atoms with Gasteiger partial charge in [-0.25, -0.2) is 0 Å². The van der Waals surface area contributed by atoms with Gasteiger partial charge >= 0.3 is 6.36 Å². The molecule has 300 valence electrons. The first-order valence-corrected chi connectivity index (χ1v) is 19.9. The van der Waals surface area contributed by atoms with Crippen molar-refractivity contribution in [3.63, 3.8) is 0 Å². The molecule has 9 unspecified atom stereocenters. The number of allylic oxidation sites excluding steroid dienone is 4. The molecule has 9 rings (SSSR count). The van der Waals surface area contributed by atoms with E-state index in [1.54, 1.807) is 24.3 Å². The average Bonchev–Trinajstić information content (AvgIpc) is 3.78. The number of fused-ring (bicyclic) bond motifs is 1. The molecule has 0 amide bonds. The first kappa shape index (κ1) is 39.1. The van der Waals surface area contributed by atoms with Crippen LogP contribution in [0.1, 0.15) is 80.5 Å². The second-order valence-electron chi connectivity index (χ2n) is 17.6. The molecule has 8 nitrogen and oxygen atoms in total. The van der Waals surface area contributed by atoms with Gasteiger partial charge in [0.15, 0.2) is 5.76 Å². The molecule has 0 aliphatic heterocycles. The third kappa shape index (κ3) is 6.57. The number of hydrogen-bond acceptors (Lipinski definition) is 8. The van der Waals surface area contributed by atoms with Crippen LogP contribution in [0.3, 0.4) is 0 Å². The zero-order chi connectivity index (χ0) is 39.6. The molecule has 9 atom stereocenters. The smallest absolute Gasteiger partial charge is 0.461 e. The molecule has 1 heterocycles. The number of rotatable bonds is 13. The summed E-state index contributed by atoms with van der Waals surface area (Å²) in [5, 5.41) is 35.4. The van der Waals surface area contributed by atoms with Gasteiger partial charge in [-0.1, -0.05) is 74.5 Å². The highest BCUT2D eigenvalue weighted by Crippen LogP contribution is 2.78. The lowest BCUT2D eigenvalue weighted by molar-refractivity contribution is -0.274. The highest BCUT2D eigenvalue weighted by atomic mass is 19.4. The Balaban J connectivity index is 1.10. The Morgan fingerprint density at radius 1 is 0.929 bits per heavy atom. The van der Waals surface area contributed by atoms with E-state index in [1.807, 2.05) is 35.2 Å². The van der Waals surface area contributed by atoms with Gasteiger partial charge in [-0.05, 0) is 97.6 Å². The first-order valence-electron chi connectivity index (χ1n) is 19.9. The number of furan rings is 1. The molecule has 3 N–H and O–H groups in total. The molecule has 56 heavy (non-hydrogen) atoms. The molecule has 2 bridgehead atoms. The minimum atomic E-state index is -4.81. The van der Waals surface area contributed by atoms with Crippen LogP contribution in [0, 0.1) is 33.5 Å². The standard InChI is InChI=1S/C45H52F3NO7/c1-40-17-14-32(50)23-42(40)20-21-44(35(24-42)39(52)36-9-6-22-55-36)37(40)15-18-41(2)38(44)16-19-43(41,53)29-49(25-30-10-12-34(13-11-30)56-45(46,47)48)26-33(51)28-54-27-31-7-4-3-5-8-31/h3-13,20-22,24,32-33,37-38,50-51,53H,14-19,23,25-29H2,1-2H3. The molecular weight excluding hydrogens is 723 g/mol. The van der Waals surface area contributed by atoms with Crippen LogP contribution in [0.4, 0.5) is 13.2 Å². The summed E-state index contributed by atoms with van der Waals surface area (Å²) in [6.07, 6.45) is 6.76. The van der Waals surface area contributed by atoms with E-state index in [1.165, 1.54) is 18.4 Å². The van der Waals surface area contributed by atoms with E-state index in [4.69, 9.17) is 9.15 Å². The summed E-state index contributed by atoms with van der Waals surface area (Å²) in [6.45, 7) is 5.47. The van der Waals surface area contributed by atoms with Crippen molar-refractivity contribution in [2.24, 2.45) is 33.5 Å². The van der Waals surface area contributed by atoms with E-state index in [2.05, 4.69) is 36.8 Å². The van der Waals surface area contributed by atoms with Crippen LogP contribution in [-0.4, -0.2) is 69.9 Å². The highest BCUT2D eigenvalue weighted by Gasteiger charge is 2.74. The lowest BCUT2D eigenvalue weighted by atomic mass is 9.32. The fourth-order valence-electron chi connectivity index (χ4n) is 12.0. The fourth-order valence-corrected chi connectivity index (χ4v) is 12.0. The first-order chi connectivity index (χ1) is 26.6. The quantitative estimate of drug-likeness (QED) is 0.118. The molecule has 3 saturated carbocycles. The van der Waals surface area contributed by atoms with Crippen LogP contribution in [-0.2, 0) is 17.9 Å². The summed E-state index contributed by atoms with van der Waals surface area (Å²) < 4.78 is 54.5. The number of aliphatic hydroxyl groups excluding tert-OH is 2. The maximum Gasteiger partial charge on any atom is 0.573 e. The van der Waals surface area contributed by atoms with E-state index >= 15 is 0 Å². The Morgan fingerprint density at radius 3 is 2.36 bits per heavy atom. The number of Topliss-reactive ketones (excluding diaryl/α,β-unsaturated/α-hetero) is 1. The number of carbonyl (C=O) groups is 1. The predicted octanol–water partition coefficient (Wildman–Crippen LogP) is 8.03. The van der Waals surface area contributed by atoms with Crippen LogP contribution in [0.15, 0.2) is 101 Å². The molecule has 2 spiro atoms. The molecule has 3 aromatic rings. The molecular formula is C45H52F3NO7. The van der Waals surface area contributed by atoms with Gasteiger partial charge < -0.3 is 29.2 Å². The monoisotopic (exact) mass is 775 g/mol. The Labute approximate surface area is 326 Å². The summed E-state index contributed by atoms with van der Waals surface area (Å²) in [4.78, 5) is 16.5. The van der Waals surface area contributed by atoms with Crippen LogP contribution in [0.25, 0.3) is 0 Å². The van der Waals surface area contributed by atoms with Crippen molar-refractivity contribution in [3.8, 4) is 5.75 Å². The van der Waals surface area contributed by atoms with Gasteiger partial charge in [0, 0.05) is 41.5 Å². The second kappa shape index (κ2) is 14.3. The van der Waals surface area contributed by atoms with Crippen molar-refractivity contribution in [1.82, 2.24) is 4.90 Å².